The van der Waals surface area contributed by atoms with Crippen molar-refractivity contribution in [3.63, 3.8) is 0 Å². The van der Waals surface area contributed by atoms with Gasteiger partial charge in [0.15, 0.2) is 0 Å². The molecule has 0 atom stereocenters. The number of nitrogens with one attached hydrogen (secondary N) is 1. The van der Waals surface area contributed by atoms with E-state index >= 15 is 0 Å². The molecular formula is C16H14BrNO. The van der Waals surface area contributed by atoms with E-state index < -0.39 is 0 Å². The van der Waals surface area contributed by atoms with Crippen molar-refractivity contribution in [2.75, 3.05) is 5.32 Å². The van der Waals surface area contributed by atoms with E-state index in [-0.39, 0.29) is 5.91 Å². The summed E-state index contributed by atoms with van der Waals surface area (Å²) in [4.78, 5) is 11.8. The molecule has 0 heterocycles. The van der Waals surface area contributed by atoms with Gasteiger partial charge in [-0.15, -0.1) is 0 Å². The first-order chi connectivity index (χ1) is 9.13. The molecule has 0 unspecified atom stereocenters. The van der Waals surface area contributed by atoms with Crippen LogP contribution < -0.4 is 5.32 Å². The molecule has 2 nitrogen and oxygen atoms in total. The van der Waals surface area contributed by atoms with E-state index in [2.05, 4.69) is 21.2 Å². The molecule has 0 radical (unpaired) electrons. The molecule has 2 aromatic rings. The van der Waals surface area contributed by atoms with E-state index in [0.717, 1.165) is 21.3 Å². The zero-order chi connectivity index (χ0) is 13.7. The molecule has 2 aromatic carbocycles. The fraction of sp³-hybridized carbons (Fsp3) is 0.0625. The zero-order valence-corrected chi connectivity index (χ0v) is 12.1. The third-order valence-electron chi connectivity index (χ3n) is 2.58. The number of benzene rings is 2. The summed E-state index contributed by atoms with van der Waals surface area (Å²) in [5.74, 6) is -0.131. The Morgan fingerprint density at radius 1 is 1.16 bits per heavy atom. The van der Waals surface area contributed by atoms with E-state index in [4.69, 9.17) is 0 Å². The number of carbonyl (C=O) groups excluding carboxylic acids is 1. The summed E-state index contributed by atoms with van der Waals surface area (Å²) >= 11 is 3.37. The molecule has 0 saturated heterocycles. The molecular weight excluding hydrogens is 302 g/mol. The lowest BCUT2D eigenvalue weighted by Crippen LogP contribution is -2.07. The first-order valence-corrected chi connectivity index (χ1v) is 6.74. The highest BCUT2D eigenvalue weighted by Crippen LogP contribution is 2.12. The van der Waals surface area contributed by atoms with Crippen molar-refractivity contribution in [1.82, 2.24) is 0 Å². The second-order valence-corrected chi connectivity index (χ2v) is 5.16. The quantitative estimate of drug-likeness (QED) is 0.835. The molecule has 0 saturated carbocycles. The van der Waals surface area contributed by atoms with Crippen LogP contribution >= 0.6 is 15.9 Å². The van der Waals surface area contributed by atoms with Crippen LogP contribution in [0.15, 0.2) is 59.1 Å². The average molecular weight is 316 g/mol. The molecule has 1 amide bonds. The number of amides is 1. The van der Waals surface area contributed by atoms with Gasteiger partial charge in [0, 0.05) is 16.2 Å². The van der Waals surface area contributed by atoms with Crippen LogP contribution in [0.5, 0.6) is 0 Å². The molecule has 0 aliphatic carbocycles. The van der Waals surface area contributed by atoms with Crippen molar-refractivity contribution in [3.8, 4) is 0 Å². The number of hydrogen-bond acceptors (Lipinski definition) is 1. The zero-order valence-electron chi connectivity index (χ0n) is 10.6. The fourth-order valence-corrected chi connectivity index (χ4v) is 1.92. The summed E-state index contributed by atoms with van der Waals surface area (Å²) in [5.41, 5.74) is 2.92. The van der Waals surface area contributed by atoms with Gasteiger partial charge in [-0.3, -0.25) is 4.79 Å². The van der Waals surface area contributed by atoms with E-state index in [1.807, 2.05) is 55.5 Å². The summed E-state index contributed by atoms with van der Waals surface area (Å²) in [6.45, 7) is 1.99. The lowest BCUT2D eigenvalue weighted by molar-refractivity contribution is -0.111. The molecule has 0 aliphatic rings. The Morgan fingerprint density at radius 3 is 2.58 bits per heavy atom. The van der Waals surface area contributed by atoms with Crippen LogP contribution in [0.3, 0.4) is 0 Å². The van der Waals surface area contributed by atoms with Crippen molar-refractivity contribution >= 4 is 33.6 Å². The minimum Gasteiger partial charge on any atom is -0.323 e. The summed E-state index contributed by atoms with van der Waals surface area (Å²) in [6, 6.07) is 15.5. The van der Waals surface area contributed by atoms with E-state index in [1.165, 1.54) is 6.08 Å². The van der Waals surface area contributed by atoms with Crippen molar-refractivity contribution in [1.29, 1.82) is 0 Å². The van der Waals surface area contributed by atoms with Gasteiger partial charge in [0.05, 0.1) is 0 Å². The van der Waals surface area contributed by atoms with Crippen LogP contribution in [-0.2, 0) is 4.79 Å². The Kier molecular flexibility index (Phi) is 4.53. The number of hydrogen-bond donors (Lipinski definition) is 1. The minimum atomic E-state index is -0.131. The molecule has 2 rings (SSSR count). The van der Waals surface area contributed by atoms with Crippen LogP contribution in [-0.4, -0.2) is 5.91 Å². The predicted molar refractivity (Wildman–Crippen MR) is 83.0 cm³/mol. The lowest BCUT2D eigenvalue weighted by Gasteiger charge is -2.02. The molecule has 0 aliphatic heterocycles. The molecule has 0 aromatic heterocycles. The third kappa shape index (κ3) is 4.38. The first-order valence-electron chi connectivity index (χ1n) is 5.95. The molecule has 0 bridgehead atoms. The molecule has 3 heteroatoms. The van der Waals surface area contributed by atoms with Crippen LogP contribution in [0, 0.1) is 6.92 Å². The minimum absolute atomic E-state index is 0.131. The van der Waals surface area contributed by atoms with Gasteiger partial charge >= 0.3 is 0 Å². The second-order valence-electron chi connectivity index (χ2n) is 4.24. The molecule has 0 spiro atoms. The van der Waals surface area contributed by atoms with Crippen LogP contribution in [0.2, 0.25) is 0 Å². The van der Waals surface area contributed by atoms with E-state index in [1.54, 1.807) is 6.08 Å². The van der Waals surface area contributed by atoms with Crippen LogP contribution in [0.1, 0.15) is 11.1 Å². The van der Waals surface area contributed by atoms with E-state index in [9.17, 15) is 4.79 Å². The lowest BCUT2D eigenvalue weighted by atomic mass is 10.2. The number of halogens is 1. The normalized spacial score (nSPS) is 10.6. The molecule has 19 heavy (non-hydrogen) atoms. The fourth-order valence-electron chi connectivity index (χ4n) is 1.65. The van der Waals surface area contributed by atoms with Crippen molar-refractivity contribution < 1.29 is 4.79 Å². The number of rotatable bonds is 3. The maximum atomic E-state index is 11.8. The summed E-state index contributed by atoms with van der Waals surface area (Å²) in [5, 5.41) is 2.83. The smallest absolute Gasteiger partial charge is 0.248 e. The number of carbonyl (C=O) groups is 1. The monoisotopic (exact) mass is 315 g/mol. The van der Waals surface area contributed by atoms with Crippen LogP contribution in [0.25, 0.3) is 6.08 Å². The Hall–Kier alpha value is -1.87. The maximum absolute atomic E-state index is 11.8. The standard InChI is InChI=1S/C16H14BrNO/c1-12-3-2-4-15(11-12)18-16(19)10-7-13-5-8-14(17)9-6-13/h2-11H,1H3,(H,18,19). The van der Waals surface area contributed by atoms with Crippen molar-refractivity contribution in [2.24, 2.45) is 0 Å². The Morgan fingerprint density at radius 2 is 1.89 bits per heavy atom. The van der Waals surface area contributed by atoms with Crippen molar-refractivity contribution in [2.45, 2.75) is 6.92 Å². The Balaban J connectivity index is 1.99. The summed E-state index contributed by atoms with van der Waals surface area (Å²) < 4.78 is 1.02. The van der Waals surface area contributed by atoms with Gasteiger partial charge in [0.25, 0.3) is 0 Å². The third-order valence-corrected chi connectivity index (χ3v) is 3.11. The summed E-state index contributed by atoms with van der Waals surface area (Å²) in [6.07, 6.45) is 3.32. The highest BCUT2D eigenvalue weighted by molar-refractivity contribution is 9.10. The van der Waals surface area contributed by atoms with Crippen molar-refractivity contribution in [3.05, 3.63) is 70.2 Å². The van der Waals surface area contributed by atoms with Gasteiger partial charge in [-0.2, -0.15) is 0 Å². The maximum Gasteiger partial charge on any atom is 0.248 e. The molecule has 0 fully saturated rings. The van der Waals surface area contributed by atoms with Crippen LogP contribution in [0.4, 0.5) is 5.69 Å². The molecule has 1 N–H and O–H groups in total. The Labute approximate surface area is 121 Å². The van der Waals surface area contributed by atoms with Gasteiger partial charge in [-0.25, -0.2) is 0 Å². The highest BCUT2D eigenvalue weighted by atomic mass is 79.9. The predicted octanol–water partition coefficient (Wildman–Crippen LogP) is 4.41. The Bertz CT molecular complexity index is 602. The van der Waals surface area contributed by atoms with Gasteiger partial charge in [0.2, 0.25) is 5.91 Å². The largest absolute Gasteiger partial charge is 0.323 e. The average Bonchev–Trinajstić information content (AvgIpc) is 2.38. The van der Waals surface area contributed by atoms with Gasteiger partial charge in [-0.05, 0) is 48.4 Å². The SMILES string of the molecule is Cc1cccc(NC(=O)C=Cc2ccc(Br)cc2)c1. The van der Waals surface area contributed by atoms with Gasteiger partial charge < -0.3 is 5.32 Å². The number of anilines is 1. The van der Waals surface area contributed by atoms with Gasteiger partial charge in [-0.1, -0.05) is 40.2 Å². The second kappa shape index (κ2) is 6.34. The first kappa shape index (κ1) is 13.6. The molecule has 96 valence electrons. The van der Waals surface area contributed by atoms with E-state index in [0.29, 0.717) is 0 Å². The summed E-state index contributed by atoms with van der Waals surface area (Å²) in [7, 11) is 0. The van der Waals surface area contributed by atoms with Gasteiger partial charge in [0.1, 0.15) is 0 Å². The highest BCUT2D eigenvalue weighted by Gasteiger charge is 1.97. The topological polar surface area (TPSA) is 29.1 Å². The number of aryl methyl sites for hydroxylation is 1.